The predicted molar refractivity (Wildman–Crippen MR) is 83.4 cm³/mol. The molecule has 0 aromatic carbocycles. The largest absolute Gasteiger partial charge is 0.469 e. The fraction of sp³-hybridized carbons (Fsp3) is 0.706. The lowest BCUT2D eigenvalue weighted by Gasteiger charge is -2.37. The van der Waals surface area contributed by atoms with Gasteiger partial charge in [-0.25, -0.2) is 4.79 Å². The first kappa shape index (κ1) is 17.5. The van der Waals surface area contributed by atoms with E-state index in [9.17, 15) is 14.4 Å². The molecule has 0 saturated carbocycles. The number of hydrogen-bond acceptors (Lipinski definition) is 5. The molecule has 1 aliphatic heterocycles. The number of ether oxygens (including phenoxy) is 2. The zero-order valence-electron chi connectivity index (χ0n) is 13.9. The quantitative estimate of drug-likeness (QED) is 0.583. The molecule has 0 radical (unpaired) electrons. The molecule has 0 bridgehead atoms. The van der Waals surface area contributed by atoms with Crippen molar-refractivity contribution in [3.8, 4) is 0 Å². The molecule has 0 aromatic rings. The molecule has 2 aliphatic rings. The summed E-state index contributed by atoms with van der Waals surface area (Å²) in [5.41, 5.74) is 1.15. The van der Waals surface area contributed by atoms with Crippen LogP contribution in [0.3, 0.4) is 0 Å². The van der Waals surface area contributed by atoms with Crippen LogP contribution in [0.5, 0.6) is 0 Å². The van der Waals surface area contributed by atoms with Gasteiger partial charge in [0, 0.05) is 13.0 Å². The number of nitrogens with zero attached hydrogens (tertiary/aromatic N) is 1. The van der Waals surface area contributed by atoms with Gasteiger partial charge in [0.2, 0.25) is 5.91 Å². The number of carbonyl (C=O) groups is 3. The summed E-state index contributed by atoms with van der Waals surface area (Å²) >= 11 is 0. The number of allylic oxidation sites excluding steroid dienone is 1. The van der Waals surface area contributed by atoms with E-state index in [0.29, 0.717) is 19.4 Å². The van der Waals surface area contributed by atoms with Crippen molar-refractivity contribution >= 4 is 17.8 Å². The minimum Gasteiger partial charge on any atom is -0.469 e. The highest BCUT2D eigenvalue weighted by Gasteiger charge is 2.39. The van der Waals surface area contributed by atoms with Crippen LogP contribution in [0.4, 0.5) is 0 Å². The summed E-state index contributed by atoms with van der Waals surface area (Å²) in [5.74, 6) is -1.22. The Hall–Kier alpha value is -1.85. The molecule has 0 aromatic heterocycles. The molecule has 1 fully saturated rings. The van der Waals surface area contributed by atoms with E-state index in [1.54, 1.807) is 4.90 Å². The van der Waals surface area contributed by atoms with Crippen molar-refractivity contribution < 1.29 is 23.9 Å². The molecule has 1 heterocycles. The molecule has 23 heavy (non-hydrogen) atoms. The van der Waals surface area contributed by atoms with E-state index in [1.807, 2.05) is 0 Å². The average Bonchev–Trinajstić information content (AvgIpc) is 2.60. The highest BCUT2D eigenvalue weighted by molar-refractivity contribution is 5.87. The van der Waals surface area contributed by atoms with Crippen molar-refractivity contribution in [2.75, 3.05) is 20.8 Å². The SMILES string of the molecule is COC(=O)[C@@H]1CCN(C(=O)CC2=CCCCC2)[C@H](C(=O)OC)C1. The summed E-state index contributed by atoms with van der Waals surface area (Å²) in [6.07, 6.45) is 7.54. The first-order chi connectivity index (χ1) is 11.1. The van der Waals surface area contributed by atoms with Gasteiger partial charge in [-0.3, -0.25) is 9.59 Å². The summed E-state index contributed by atoms with van der Waals surface area (Å²) < 4.78 is 9.59. The van der Waals surface area contributed by atoms with Crippen LogP contribution in [0.25, 0.3) is 0 Å². The van der Waals surface area contributed by atoms with Crippen LogP contribution in [-0.4, -0.2) is 49.6 Å². The fourth-order valence-corrected chi connectivity index (χ4v) is 3.37. The number of rotatable bonds is 4. The van der Waals surface area contributed by atoms with E-state index in [2.05, 4.69) is 6.08 Å². The Labute approximate surface area is 136 Å². The lowest BCUT2D eigenvalue weighted by Crippen LogP contribution is -2.51. The van der Waals surface area contributed by atoms with E-state index < -0.39 is 12.0 Å². The van der Waals surface area contributed by atoms with Gasteiger partial charge in [-0.15, -0.1) is 0 Å². The standard InChI is InChI=1S/C17H25NO5/c1-22-16(20)13-8-9-18(14(11-13)17(21)23-2)15(19)10-12-6-4-3-5-7-12/h6,13-14H,3-5,7-11H2,1-2H3/t13-,14+/m1/s1. The lowest BCUT2D eigenvalue weighted by atomic mass is 9.89. The number of hydrogen-bond donors (Lipinski definition) is 0. The summed E-state index contributed by atoms with van der Waals surface area (Å²) in [4.78, 5) is 38.0. The Morgan fingerprint density at radius 2 is 1.91 bits per heavy atom. The molecule has 6 nitrogen and oxygen atoms in total. The third kappa shape index (κ3) is 4.33. The van der Waals surface area contributed by atoms with E-state index in [1.165, 1.54) is 20.6 Å². The monoisotopic (exact) mass is 323 g/mol. The maximum Gasteiger partial charge on any atom is 0.328 e. The van der Waals surface area contributed by atoms with E-state index >= 15 is 0 Å². The zero-order chi connectivity index (χ0) is 16.8. The van der Waals surface area contributed by atoms with E-state index in [0.717, 1.165) is 24.8 Å². The van der Waals surface area contributed by atoms with Crippen LogP contribution in [-0.2, 0) is 23.9 Å². The Morgan fingerprint density at radius 1 is 1.17 bits per heavy atom. The third-order valence-electron chi connectivity index (χ3n) is 4.69. The second-order valence-electron chi connectivity index (χ2n) is 6.16. The molecule has 1 saturated heterocycles. The Bertz CT molecular complexity index is 499. The summed E-state index contributed by atoms with van der Waals surface area (Å²) in [6, 6.07) is -0.699. The number of methoxy groups -OCH3 is 2. The third-order valence-corrected chi connectivity index (χ3v) is 4.69. The minimum atomic E-state index is -0.699. The molecule has 128 valence electrons. The molecular weight excluding hydrogens is 298 g/mol. The van der Waals surface area contributed by atoms with Crippen molar-refractivity contribution in [1.29, 1.82) is 0 Å². The van der Waals surface area contributed by atoms with Crippen molar-refractivity contribution in [3.63, 3.8) is 0 Å². The maximum absolute atomic E-state index is 12.6. The second-order valence-corrected chi connectivity index (χ2v) is 6.16. The Kier molecular flexibility index (Phi) is 6.19. The number of amides is 1. The lowest BCUT2D eigenvalue weighted by molar-refractivity contribution is -0.159. The van der Waals surface area contributed by atoms with Crippen LogP contribution >= 0.6 is 0 Å². The van der Waals surface area contributed by atoms with Crippen LogP contribution in [0.2, 0.25) is 0 Å². The number of piperidine rings is 1. The number of esters is 2. The van der Waals surface area contributed by atoms with Crippen LogP contribution in [0.1, 0.15) is 44.9 Å². The Balaban J connectivity index is 2.06. The van der Waals surface area contributed by atoms with Crippen molar-refractivity contribution in [3.05, 3.63) is 11.6 Å². The van der Waals surface area contributed by atoms with Gasteiger partial charge >= 0.3 is 11.9 Å². The van der Waals surface area contributed by atoms with Gasteiger partial charge in [-0.1, -0.05) is 11.6 Å². The fourth-order valence-electron chi connectivity index (χ4n) is 3.37. The minimum absolute atomic E-state index is 0.0585. The molecule has 0 unspecified atom stereocenters. The molecule has 2 atom stereocenters. The highest BCUT2D eigenvalue weighted by Crippen LogP contribution is 2.27. The molecule has 0 spiro atoms. The predicted octanol–water partition coefficient (Wildman–Crippen LogP) is 1.83. The molecular formula is C17H25NO5. The van der Waals surface area contributed by atoms with Gasteiger partial charge in [0.1, 0.15) is 6.04 Å². The van der Waals surface area contributed by atoms with Gasteiger partial charge in [-0.05, 0) is 38.5 Å². The van der Waals surface area contributed by atoms with Gasteiger partial charge in [0.25, 0.3) is 0 Å². The molecule has 6 heteroatoms. The van der Waals surface area contributed by atoms with Gasteiger partial charge < -0.3 is 14.4 Å². The zero-order valence-corrected chi connectivity index (χ0v) is 13.9. The van der Waals surface area contributed by atoms with Crippen molar-refractivity contribution in [2.24, 2.45) is 5.92 Å². The van der Waals surface area contributed by atoms with Gasteiger partial charge in [-0.2, -0.15) is 0 Å². The number of carbonyl (C=O) groups excluding carboxylic acids is 3. The average molecular weight is 323 g/mol. The number of likely N-dealkylation sites (tertiary alicyclic amines) is 1. The van der Waals surface area contributed by atoms with Crippen LogP contribution in [0.15, 0.2) is 11.6 Å². The van der Waals surface area contributed by atoms with Crippen molar-refractivity contribution in [2.45, 2.75) is 51.0 Å². The summed E-state index contributed by atoms with van der Waals surface area (Å²) in [6.45, 7) is 0.381. The highest BCUT2D eigenvalue weighted by atomic mass is 16.5. The summed E-state index contributed by atoms with van der Waals surface area (Å²) in [7, 11) is 2.64. The van der Waals surface area contributed by atoms with Crippen molar-refractivity contribution in [1.82, 2.24) is 4.90 Å². The summed E-state index contributed by atoms with van der Waals surface area (Å²) in [5, 5.41) is 0. The van der Waals surface area contributed by atoms with Gasteiger partial charge in [0.15, 0.2) is 0 Å². The smallest absolute Gasteiger partial charge is 0.328 e. The Morgan fingerprint density at radius 3 is 2.52 bits per heavy atom. The first-order valence-corrected chi connectivity index (χ1v) is 8.19. The van der Waals surface area contributed by atoms with Crippen LogP contribution < -0.4 is 0 Å². The topological polar surface area (TPSA) is 72.9 Å². The van der Waals surface area contributed by atoms with Gasteiger partial charge in [0.05, 0.1) is 20.1 Å². The molecule has 2 rings (SSSR count). The normalized spacial score (nSPS) is 24.6. The van der Waals surface area contributed by atoms with E-state index in [4.69, 9.17) is 9.47 Å². The molecule has 1 aliphatic carbocycles. The first-order valence-electron chi connectivity index (χ1n) is 8.19. The molecule has 1 amide bonds. The van der Waals surface area contributed by atoms with Crippen LogP contribution in [0, 0.1) is 5.92 Å². The van der Waals surface area contributed by atoms with E-state index in [-0.39, 0.29) is 24.2 Å². The molecule has 0 N–H and O–H groups in total. The second kappa shape index (κ2) is 8.13. The maximum atomic E-state index is 12.6.